The van der Waals surface area contributed by atoms with Gasteiger partial charge in [0.15, 0.2) is 0 Å². The summed E-state index contributed by atoms with van der Waals surface area (Å²) in [7, 11) is -3.68. The Balaban J connectivity index is 3.55. The summed E-state index contributed by atoms with van der Waals surface area (Å²) in [6, 6.07) is 0. The van der Waals surface area contributed by atoms with Gasteiger partial charge in [-0.3, -0.25) is 9.55 Å². The molecule has 0 radical (unpaired) electrons. The second-order valence-corrected chi connectivity index (χ2v) is 6.55. The van der Waals surface area contributed by atoms with Crippen LogP contribution in [0.15, 0.2) is 4.99 Å². The molecule has 0 fully saturated rings. The Morgan fingerprint density at radius 2 is 1.88 bits per heavy atom. The highest BCUT2D eigenvalue weighted by molar-refractivity contribution is 8.70. The van der Waals surface area contributed by atoms with Crippen molar-refractivity contribution in [3.63, 3.8) is 0 Å². The highest BCUT2D eigenvalue weighted by Gasteiger charge is 2.05. The molecule has 96 valence electrons. The second-order valence-electron chi connectivity index (χ2n) is 3.20. The highest BCUT2D eigenvalue weighted by atomic mass is 33.1. The van der Waals surface area contributed by atoms with Crippen molar-refractivity contribution in [2.24, 2.45) is 10.7 Å². The average Bonchev–Trinajstić information content (AvgIpc) is 2.19. The van der Waals surface area contributed by atoms with Gasteiger partial charge in [-0.25, -0.2) is 0 Å². The molecule has 0 rings (SSSR count). The van der Waals surface area contributed by atoms with Crippen LogP contribution in [-0.2, 0) is 9.15 Å². The molecule has 0 saturated heterocycles. The number of nitrogens with two attached hydrogens (primary N) is 1. The molecule has 0 amide bonds. The molecule has 0 aliphatic heterocycles. The number of nitrogens with zero attached hydrogens (tertiary/aromatic N) is 1. The van der Waals surface area contributed by atoms with E-state index in [9.17, 15) is 8.42 Å². The maximum absolute atomic E-state index is 10.4. The van der Waals surface area contributed by atoms with Gasteiger partial charge in [-0.1, -0.05) is 12.8 Å². The van der Waals surface area contributed by atoms with Gasteiger partial charge in [0.05, 0.1) is 5.75 Å². The molecule has 6 nitrogen and oxygen atoms in total. The third-order valence-electron chi connectivity index (χ3n) is 1.74. The number of amidine groups is 1. The standard InChI is InChI=1S/C8H18N2O4S2/c9-8(7-15-16(12,13)14)10-5-3-1-2-4-6-11/h11H,1-7H2,(H2,9,10)(H,12,13,14). The SMILES string of the molecule is NC(CSS(=O)(=O)O)=NCCCCCCO. The molecule has 8 heteroatoms. The van der Waals surface area contributed by atoms with Crippen molar-refractivity contribution in [2.75, 3.05) is 18.9 Å². The monoisotopic (exact) mass is 270 g/mol. The van der Waals surface area contributed by atoms with Crippen LogP contribution < -0.4 is 5.73 Å². The quantitative estimate of drug-likeness (QED) is 0.184. The highest BCUT2D eigenvalue weighted by Crippen LogP contribution is 2.08. The first-order valence-corrected chi connectivity index (χ1v) is 7.91. The van der Waals surface area contributed by atoms with Gasteiger partial charge in [0.1, 0.15) is 5.84 Å². The average molecular weight is 270 g/mol. The van der Waals surface area contributed by atoms with E-state index < -0.39 is 9.15 Å². The van der Waals surface area contributed by atoms with E-state index in [0.717, 1.165) is 25.7 Å². The lowest BCUT2D eigenvalue weighted by molar-refractivity contribution is 0.282. The van der Waals surface area contributed by atoms with E-state index in [2.05, 4.69) is 4.99 Å². The van der Waals surface area contributed by atoms with Crippen LogP contribution in [0.2, 0.25) is 0 Å². The van der Waals surface area contributed by atoms with Gasteiger partial charge in [-0.15, -0.1) is 0 Å². The summed E-state index contributed by atoms with van der Waals surface area (Å²) in [4.78, 5) is 3.96. The van der Waals surface area contributed by atoms with Gasteiger partial charge < -0.3 is 10.8 Å². The molecule has 0 aromatic rings. The van der Waals surface area contributed by atoms with Crippen LogP contribution in [-0.4, -0.2) is 42.8 Å². The first kappa shape index (κ1) is 15.7. The van der Waals surface area contributed by atoms with Crippen LogP contribution in [0, 0.1) is 0 Å². The molecule has 0 atom stereocenters. The molecule has 16 heavy (non-hydrogen) atoms. The molecule has 0 aliphatic rings. The maximum Gasteiger partial charge on any atom is 0.320 e. The Morgan fingerprint density at radius 3 is 2.44 bits per heavy atom. The molecular formula is C8H18N2O4S2. The molecule has 0 aromatic carbocycles. The number of hydrogen-bond donors (Lipinski definition) is 3. The zero-order chi connectivity index (χ0) is 12.4. The zero-order valence-electron chi connectivity index (χ0n) is 9.00. The minimum absolute atomic E-state index is 0.0184. The predicted octanol–water partition coefficient (Wildman–Crippen LogP) is 0.432. The van der Waals surface area contributed by atoms with Gasteiger partial charge in [-0.05, 0) is 12.8 Å². The van der Waals surface area contributed by atoms with Crippen molar-refractivity contribution in [3.8, 4) is 0 Å². The molecule has 0 aliphatic carbocycles. The first-order valence-electron chi connectivity index (χ1n) is 4.97. The van der Waals surface area contributed by atoms with Crippen LogP contribution in [0.25, 0.3) is 0 Å². The fraction of sp³-hybridized carbons (Fsp3) is 0.875. The van der Waals surface area contributed by atoms with Crippen molar-refractivity contribution in [1.82, 2.24) is 0 Å². The van der Waals surface area contributed by atoms with Gasteiger partial charge in [0, 0.05) is 23.9 Å². The molecule has 0 unspecified atom stereocenters. The summed E-state index contributed by atoms with van der Waals surface area (Å²) in [5.41, 5.74) is 5.44. The van der Waals surface area contributed by atoms with E-state index in [1.54, 1.807) is 0 Å². The Kier molecular flexibility index (Phi) is 8.63. The fourth-order valence-electron chi connectivity index (χ4n) is 0.980. The van der Waals surface area contributed by atoms with E-state index in [4.69, 9.17) is 15.4 Å². The lowest BCUT2D eigenvalue weighted by Gasteiger charge is -1.99. The Hall–Kier alpha value is -0.310. The first-order chi connectivity index (χ1) is 7.45. The van der Waals surface area contributed by atoms with Crippen molar-refractivity contribution >= 4 is 25.8 Å². The third-order valence-corrected chi connectivity index (χ3v) is 3.70. The molecule has 0 spiro atoms. The van der Waals surface area contributed by atoms with Crippen LogP contribution in [0.3, 0.4) is 0 Å². The minimum atomic E-state index is -4.03. The van der Waals surface area contributed by atoms with Crippen molar-refractivity contribution in [2.45, 2.75) is 25.7 Å². The zero-order valence-corrected chi connectivity index (χ0v) is 10.6. The molecule has 0 bridgehead atoms. The molecule has 4 N–H and O–H groups in total. The van der Waals surface area contributed by atoms with Crippen LogP contribution in [0.1, 0.15) is 25.7 Å². The summed E-state index contributed by atoms with van der Waals surface area (Å²) in [6.07, 6.45) is 3.56. The van der Waals surface area contributed by atoms with Gasteiger partial charge in [-0.2, -0.15) is 8.42 Å². The smallest absolute Gasteiger partial charge is 0.320 e. The number of aliphatic hydroxyl groups excluding tert-OH is 1. The summed E-state index contributed by atoms with van der Waals surface area (Å²) in [6.45, 7) is 0.750. The van der Waals surface area contributed by atoms with Crippen molar-refractivity contribution < 1.29 is 18.1 Å². The van der Waals surface area contributed by atoms with Crippen molar-refractivity contribution in [3.05, 3.63) is 0 Å². The van der Waals surface area contributed by atoms with E-state index in [1.807, 2.05) is 0 Å². The number of rotatable bonds is 9. The molecule has 0 aromatic heterocycles. The summed E-state index contributed by atoms with van der Waals surface area (Å²) < 4.78 is 29.2. The van der Waals surface area contributed by atoms with Crippen LogP contribution in [0.5, 0.6) is 0 Å². The summed E-state index contributed by atoms with van der Waals surface area (Å²) in [5, 5.41) is 8.53. The fourth-order valence-corrected chi connectivity index (χ4v) is 2.15. The minimum Gasteiger partial charge on any atom is -0.396 e. The normalized spacial score (nSPS) is 13.0. The van der Waals surface area contributed by atoms with Crippen molar-refractivity contribution in [1.29, 1.82) is 0 Å². The molecular weight excluding hydrogens is 252 g/mol. The lowest BCUT2D eigenvalue weighted by Crippen LogP contribution is -2.16. The topological polar surface area (TPSA) is 113 Å². The van der Waals surface area contributed by atoms with Crippen LogP contribution in [0.4, 0.5) is 0 Å². The van der Waals surface area contributed by atoms with E-state index in [1.165, 1.54) is 0 Å². The Morgan fingerprint density at radius 1 is 1.25 bits per heavy atom. The Bertz CT molecular complexity index is 303. The van der Waals surface area contributed by atoms with Crippen LogP contribution >= 0.6 is 10.8 Å². The largest absolute Gasteiger partial charge is 0.396 e. The predicted molar refractivity (Wildman–Crippen MR) is 66.0 cm³/mol. The number of unbranched alkanes of at least 4 members (excludes halogenated alkanes) is 3. The number of aliphatic imine (C=N–C) groups is 1. The molecule has 0 heterocycles. The Labute approximate surface area is 99.5 Å². The molecule has 0 saturated carbocycles. The second kappa shape index (κ2) is 8.80. The van der Waals surface area contributed by atoms with E-state index >= 15 is 0 Å². The van der Waals surface area contributed by atoms with Gasteiger partial charge >= 0.3 is 9.15 Å². The number of aliphatic hydroxyl groups is 1. The number of hydrogen-bond acceptors (Lipinski definition) is 5. The van der Waals surface area contributed by atoms with E-state index in [0.29, 0.717) is 17.3 Å². The van der Waals surface area contributed by atoms with E-state index in [-0.39, 0.29) is 18.2 Å². The summed E-state index contributed by atoms with van der Waals surface area (Å²) >= 11 is 0. The van der Waals surface area contributed by atoms with Gasteiger partial charge in [0.25, 0.3) is 0 Å². The summed E-state index contributed by atoms with van der Waals surface area (Å²) in [5.74, 6) is 0.194. The van der Waals surface area contributed by atoms with Gasteiger partial charge in [0.2, 0.25) is 0 Å². The maximum atomic E-state index is 10.4. The lowest BCUT2D eigenvalue weighted by atomic mass is 10.2. The third kappa shape index (κ3) is 11.8.